The molecule has 0 radical (unpaired) electrons. The van der Waals surface area contributed by atoms with Gasteiger partial charge in [0, 0.05) is 24.7 Å². The fourth-order valence-electron chi connectivity index (χ4n) is 3.44. The first-order valence-electron chi connectivity index (χ1n) is 9.47. The van der Waals surface area contributed by atoms with E-state index in [0.717, 1.165) is 25.9 Å². The van der Waals surface area contributed by atoms with Gasteiger partial charge < -0.3 is 9.32 Å². The molecule has 1 saturated heterocycles. The van der Waals surface area contributed by atoms with Gasteiger partial charge in [-0.1, -0.05) is 6.92 Å². The smallest absolute Gasteiger partial charge is 0.293 e. The third-order valence-electron chi connectivity index (χ3n) is 5.13. The summed E-state index contributed by atoms with van der Waals surface area (Å²) in [6.07, 6.45) is 1.94. The summed E-state index contributed by atoms with van der Waals surface area (Å²) in [6, 6.07) is 5.92. The molecule has 2 N–H and O–H groups in total. The number of nitrogens with zero attached hydrogens (tertiary/aromatic N) is 2. The van der Waals surface area contributed by atoms with Crippen molar-refractivity contribution in [3.05, 3.63) is 57.0 Å². The largest absolute Gasteiger partial charge is 0.466 e. The van der Waals surface area contributed by atoms with E-state index in [1.807, 2.05) is 4.90 Å². The summed E-state index contributed by atoms with van der Waals surface area (Å²) in [6.45, 7) is 7.01. The number of benzene rings is 1. The number of carbonyl (C=O) groups excluding carboxylic acids is 2. The number of hydrazine groups is 1. The van der Waals surface area contributed by atoms with Gasteiger partial charge in [-0.25, -0.2) is 0 Å². The summed E-state index contributed by atoms with van der Waals surface area (Å²) in [5.41, 5.74) is 5.37. The van der Waals surface area contributed by atoms with Crippen molar-refractivity contribution in [3.8, 4) is 0 Å². The van der Waals surface area contributed by atoms with Gasteiger partial charge in [-0.2, -0.15) is 0 Å². The maximum Gasteiger partial charge on any atom is 0.293 e. The Hall–Kier alpha value is -3.36. The SMILES string of the molecule is Cc1cc(C(=O)NNC(=O)c2ccc(N3CCC(C)CC3)c([N+](=O)[O-])c2)c(C)o1. The summed E-state index contributed by atoms with van der Waals surface area (Å²) in [5.74, 6) is 0.448. The fraction of sp³-hybridized carbons (Fsp3) is 0.400. The van der Waals surface area contributed by atoms with Gasteiger partial charge in [0.05, 0.1) is 10.5 Å². The van der Waals surface area contributed by atoms with Crippen LogP contribution in [0, 0.1) is 29.9 Å². The van der Waals surface area contributed by atoms with Crippen LogP contribution in [0.2, 0.25) is 0 Å². The Kier molecular flexibility index (Phi) is 5.86. The van der Waals surface area contributed by atoms with Gasteiger partial charge in [-0.3, -0.25) is 30.6 Å². The Balaban J connectivity index is 1.72. The first-order valence-corrected chi connectivity index (χ1v) is 9.47. The van der Waals surface area contributed by atoms with Crippen molar-refractivity contribution in [2.45, 2.75) is 33.6 Å². The molecule has 0 unspecified atom stereocenters. The van der Waals surface area contributed by atoms with Crippen molar-refractivity contribution < 1.29 is 18.9 Å². The Labute approximate surface area is 168 Å². The van der Waals surface area contributed by atoms with Gasteiger partial charge >= 0.3 is 0 Å². The van der Waals surface area contributed by atoms with Gasteiger partial charge in [0.2, 0.25) is 0 Å². The summed E-state index contributed by atoms with van der Waals surface area (Å²) in [7, 11) is 0. The highest BCUT2D eigenvalue weighted by atomic mass is 16.6. The number of carbonyl (C=O) groups is 2. The molecule has 2 aromatic rings. The molecule has 154 valence electrons. The van der Waals surface area contributed by atoms with E-state index in [2.05, 4.69) is 17.8 Å². The predicted octanol–water partition coefficient (Wildman–Crippen LogP) is 3.12. The summed E-state index contributed by atoms with van der Waals surface area (Å²) < 4.78 is 5.29. The third-order valence-corrected chi connectivity index (χ3v) is 5.13. The molecule has 1 aliphatic rings. The molecule has 0 saturated carbocycles. The van der Waals surface area contributed by atoms with E-state index in [4.69, 9.17) is 4.42 Å². The van der Waals surface area contributed by atoms with E-state index in [9.17, 15) is 19.7 Å². The molecule has 3 rings (SSSR count). The number of piperidine rings is 1. The van der Waals surface area contributed by atoms with Crippen molar-refractivity contribution in [1.82, 2.24) is 10.9 Å². The Morgan fingerprint density at radius 1 is 1.14 bits per heavy atom. The van der Waals surface area contributed by atoms with Crippen LogP contribution in [0.1, 0.15) is 52.0 Å². The van der Waals surface area contributed by atoms with Gasteiger partial charge in [0.25, 0.3) is 17.5 Å². The van der Waals surface area contributed by atoms with E-state index in [1.54, 1.807) is 26.0 Å². The molecule has 0 bridgehead atoms. The van der Waals surface area contributed by atoms with Crippen LogP contribution in [-0.2, 0) is 0 Å². The molecule has 1 fully saturated rings. The normalized spacial score (nSPS) is 14.5. The maximum atomic E-state index is 12.4. The maximum absolute atomic E-state index is 12.4. The lowest BCUT2D eigenvalue weighted by molar-refractivity contribution is -0.384. The van der Waals surface area contributed by atoms with E-state index < -0.39 is 16.7 Å². The highest BCUT2D eigenvalue weighted by Crippen LogP contribution is 2.32. The second kappa shape index (κ2) is 8.34. The quantitative estimate of drug-likeness (QED) is 0.601. The number of aryl methyl sites for hydroxylation is 2. The molecule has 1 aromatic carbocycles. The van der Waals surface area contributed by atoms with Gasteiger partial charge in [-0.15, -0.1) is 0 Å². The number of nitrogens with one attached hydrogen (secondary N) is 2. The minimum Gasteiger partial charge on any atom is -0.466 e. The van der Waals surface area contributed by atoms with Crippen molar-refractivity contribution in [1.29, 1.82) is 0 Å². The molecular formula is C20H24N4O5. The van der Waals surface area contributed by atoms with E-state index in [0.29, 0.717) is 28.7 Å². The molecule has 9 heteroatoms. The van der Waals surface area contributed by atoms with Crippen LogP contribution in [0.4, 0.5) is 11.4 Å². The monoisotopic (exact) mass is 400 g/mol. The van der Waals surface area contributed by atoms with E-state index in [-0.39, 0.29) is 11.3 Å². The summed E-state index contributed by atoms with van der Waals surface area (Å²) in [5, 5.41) is 11.6. The molecule has 0 aliphatic carbocycles. The first kappa shape index (κ1) is 20.4. The second-order valence-corrected chi connectivity index (χ2v) is 7.37. The summed E-state index contributed by atoms with van der Waals surface area (Å²) >= 11 is 0. The van der Waals surface area contributed by atoms with Crippen molar-refractivity contribution >= 4 is 23.2 Å². The predicted molar refractivity (Wildman–Crippen MR) is 107 cm³/mol. The Morgan fingerprint density at radius 3 is 2.38 bits per heavy atom. The van der Waals surface area contributed by atoms with Crippen LogP contribution in [0.5, 0.6) is 0 Å². The highest BCUT2D eigenvalue weighted by Gasteiger charge is 2.25. The highest BCUT2D eigenvalue weighted by molar-refractivity contribution is 6.00. The molecule has 0 atom stereocenters. The van der Waals surface area contributed by atoms with Crippen molar-refractivity contribution in [3.63, 3.8) is 0 Å². The molecular weight excluding hydrogens is 376 g/mol. The molecule has 1 aromatic heterocycles. The molecule has 0 spiro atoms. The Bertz CT molecular complexity index is 944. The number of nitro benzene ring substituents is 1. The van der Waals surface area contributed by atoms with Gasteiger partial charge in [0.15, 0.2) is 0 Å². The number of furan rings is 1. The summed E-state index contributed by atoms with van der Waals surface area (Å²) in [4.78, 5) is 37.6. The molecule has 29 heavy (non-hydrogen) atoms. The zero-order valence-corrected chi connectivity index (χ0v) is 16.7. The first-order chi connectivity index (χ1) is 13.8. The topological polar surface area (TPSA) is 118 Å². The lowest BCUT2D eigenvalue weighted by Crippen LogP contribution is -2.41. The van der Waals surface area contributed by atoms with Crippen LogP contribution in [0.15, 0.2) is 28.7 Å². The molecule has 1 aliphatic heterocycles. The lowest BCUT2D eigenvalue weighted by atomic mass is 9.98. The van der Waals surface area contributed by atoms with Gasteiger partial charge in [-0.05, 0) is 50.8 Å². The zero-order valence-electron chi connectivity index (χ0n) is 16.7. The molecule has 9 nitrogen and oxygen atoms in total. The minimum atomic E-state index is -0.641. The van der Waals surface area contributed by atoms with E-state index in [1.165, 1.54) is 12.1 Å². The molecule has 2 amide bonds. The van der Waals surface area contributed by atoms with Gasteiger partial charge in [0.1, 0.15) is 17.2 Å². The fourth-order valence-corrected chi connectivity index (χ4v) is 3.44. The average Bonchev–Trinajstić information content (AvgIpc) is 3.04. The number of hydrogen-bond donors (Lipinski definition) is 2. The minimum absolute atomic E-state index is 0.0891. The van der Waals surface area contributed by atoms with Crippen LogP contribution in [-0.4, -0.2) is 29.8 Å². The number of amides is 2. The van der Waals surface area contributed by atoms with Crippen molar-refractivity contribution in [2.24, 2.45) is 5.92 Å². The molecule has 2 heterocycles. The Morgan fingerprint density at radius 2 is 1.79 bits per heavy atom. The van der Waals surface area contributed by atoms with Crippen molar-refractivity contribution in [2.75, 3.05) is 18.0 Å². The van der Waals surface area contributed by atoms with E-state index >= 15 is 0 Å². The standard InChI is InChI=1S/C20H24N4O5/c1-12-6-8-23(9-7-12)17-5-4-15(11-18(17)24(27)28)19(25)21-22-20(26)16-10-13(2)29-14(16)3/h4-5,10-12H,6-9H2,1-3H3,(H,21,25)(H,22,26). The van der Waals surface area contributed by atoms with Crippen LogP contribution < -0.4 is 15.8 Å². The number of anilines is 1. The van der Waals surface area contributed by atoms with Crippen LogP contribution in [0.25, 0.3) is 0 Å². The zero-order chi connectivity index (χ0) is 21.1. The average molecular weight is 400 g/mol. The second-order valence-electron chi connectivity index (χ2n) is 7.37. The number of rotatable bonds is 4. The lowest BCUT2D eigenvalue weighted by Gasteiger charge is -2.31. The number of hydrogen-bond acceptors (Lipinski definition) is 6. The third kappa shape index (κ3) is 4.56. The van der Waals surface area contributed by atoms with Crippen LogP contribution in [0.3, 0.4) is 0 Å². The number of nitro groups is 1. The van der Waals surface area contributed by atoms with Crippen LogP contribution >= 0.6 is 0 Å².